The monoisotopic (exact) mass is 305 g/mol. The van der Waals surface area contributed by atoms with Crippen LogP contribution in [0.3, 0.4) is 0 Å². The highest BCUT2D eigenvalue weighted by molar-refractivity contribution is 7.99. The van der Waals surface area contributed by atoms with Crippen LogP contribution in [0.15, 0.2) is 0 Å². The smallest absolute Gasteiger partial charge is 0.327 e. The lowest BCUT2D eigenvalue weighted by Gasteiger charge is -2.23. The van der Waals surface area contributed by atoms with Crippen molar-refractivity contribution in [1.82, 2.24) is 15.5 Å². The maximum Gasteiger partial charge on any atom is 0.327 e. The van der Waals surface area contributed by atoms with Crippen molar-refractivity contribution in [3.8, 4) is 0 Å². The molecule has 1 aliphatic rings. The molecule has 0 aromatic carbocycles. The maximum absolute atomic E-state index is 11.9. The molecule has 1 unspecified atom stereocenters. The number of thioether (sulfide) groups is 1. The molecule has 0 spiro atoms. The van der Waals surface area contributed by atoms with Crippen molar-refractivity contribution in [2.75, 3.05) is 31.9 Å². The van der Waals surface area contributed by atoms with E-state index in [4.69, 9.17) is 9.84 Å². The van der Waals surface area contributed by atoms with Gasteiger partial charge >= 0.3 is 12.0 Å². The largest absolute Gasteiger partial charge is 0.480 e. The number of amides is 3. The number of methoxy groups -OCH3 is 1. The van der Waals surface area contributed by atoms with E-state index in [9.17, 15) is 14.4 Å². The molecule has 0 saturated carbocycles. The molecule has 1 saturated heterocycles. The van der Waals surface area contributed by atoms with Crippen LogP contribution in [0.1, 0.15) is 6.92 Å². The van der Waals surface area contributed by atoms with Crippen LogP contribution in [0.2, 0.25) is 0 Å². The van der Waals surface area contributed by atoms with Gasteiger partial charge in [0.2, 0.25) is 5.91 Å². The van der Waals surface area contributed by atoms with E-state index in [1.807, 2.05) is 0 Å². The lowest BCUT2D eigenvalue weighted by atomic mass is 10.3. The van der Waals surface area contributed by atoms with Gasteiger partial charge in [-0.1, -0.05) is 0 Å². The van der Waals surface area contributed by atoms with Gasteiger partial charge in [-0.25, -0.2) is 9.59 Å². The Morgan fingerprint density at radius 3 is 2.80 bits per heavy atom. The SMILES string of the molecule is COCCNC(=O)C(C)NC(=O)N1CSC[C@H]1C(=O)O. The van der Waals surface area contributed by atoms with E-state index >= 15 is 0 Å². The van der Waals surface area contributed by atoms with E-state index in [0.717, 1.165) is 0 Å². The molecular formula is C11H19N3O5S. The highest BCUT2D eigenvalue weighted by atomic mass is 32.2. The number of nitrogens with zero attached hydrogens (tertiary/aromatic N) is 1. The van der Waals surface area contributed by atoms with Gasteiger partial charge in [-0.2, -0.15) is 0 Å². The third-order valence-electron chi connectivity index (χ3n) is 2.77. The summed E-state index contributed by atoms with van der Waals surface area (Å²) in [5.41, 5.74) is 0. The summed E-state index contributed by atoms with van der Waals surface area (Å²) >= 11 is 1.37. The molecule has 1 aliphatic heterocycles. The number of carbonyl (C=O) groups excluding carboxylic acids is 2. The second-order valence-corrected chi connectivity index (χ2v) is 5.28. The minimum atomic E-state index is -1.04. The number of hydrogen-bond donors (Lipinski definition) is 3. The fourth-order valence-electron chi connectivity index (χ4n) is 1.61. The summed E-state index contributed by atoms with van der Waals surface area (Å²) in [6.45, 7) is 2.28. The van der Waals surface area contributed by atoms with Gasteiger partial charge in [0.15, 0.2) is 0 Å². The molecular weight excluding hydrogens is 286 g/mol. The molecule has 3 amide bonds. The van der Waals surface area contributed by atoms with Crippen LogP contribution in [-0.4, -0.2) is 71.9 Å². The molecule has 0 aromatic rings. The first-order chi connectivity index (χ1) is 9.47. The summed E-state index contributed by atoms with van der Waals surface area (Å²) in [4.78, 5) is 35.8. The summed E-state index contributed by atoms with van der Waals surface area (Å²) < 4.78 is 4.80. The zero-order valence-corrected chi connectivity index (χ0v) is 12.2. The minimum Gasteiger partial charge on any atom is -0.480 e. The molecule has 0 aliphatic carbocycles. The molecule has 3 N–H and O–H groups in total. The van der Waals surface area contributed by atoms with E-state index in [0.29, 0.717) is 24.8 Å². The van der Waals surface area contributed by atoms with Gasteiger partial charge < -0.3 is 25.4 Å². The Morgan fingerprint density at radius 2 is 2.20 bits per heavy atom. The van der Waals surface area contributed by atoms with Crippen LogP contribution in [0, 0.1) is 0 Å². The highest BCUT2D eigenvalue weighted by Crippen LogP contribution is 2.20. The molecule has 1 heterocycles. The minimum absolute atomic E-state index is 0.306. The molecule has 20 heavy (non-hydrogen) atoms. The normalized spacial score (nSPS) is 19.5. The van der Waals surface area contributed by atoms with Crippen molar-refractivity contribution in [3.63, 3.8) is 0 Å². The molecule has 9 heteroatoms. The Labute approximate surface area is 121 Å². The number of aliphatic carboxylic acids is 1. The van der Waals surface area contributed by atoms with Crippen LogP contribution in [0.4, 0.5) is 4.79 Å². The summed E-state index contributed by atoms with van der Waals surface area (Å²) in [5.74, 6) is -0.714. The summed E-state index contributed by atoms with van der Waals surface area (Å²) in [5, 5.41) is 14.1. The van der Waals surface area contributed by atoms with Gasteiger partial charge in [0, 0.05) is 19.4 Å². The summed E-state index contributed by atoms with van der Waals surface area (Å²) in [7, 11) is 1.52. The van der Waals surface area contributed by atoms with Crippen LogP contribution < -0.4 is 10.6 Å². The van der Waals surface area contributed by atoms with Crippen LogP contribution in [-0.2, 0) is 14.3 Å². The van der Waals surface area contributed by atoms with Crippen LogP contribution >= 0.6 is 11.8 Å². The number of carbonyl (C=O) groups is 3. The molecule has 0 aromatic heterocycles. The maximum atomic E-state index is 11.9. The lowest BCUT2D eigenvalue weighted by molar-refractivity contribution is -0.140. The number of rotatable bonds is 6. The lowest BCUT2D eigenvalue weighted by Crippen LogP contribution is -2.53. The molecule has 1 rings (SSSR count). The number of ether oxygens (including phenoxy) is 1. The third-order valence-corrected chi connectivity index (χ3v) is 3.78. The van der Waals surface area contributed by atoms with Crippen molar-refractivity contribution in [1.29, 1.82) is 0 Å². The predicted octanol–water partition coefficient (Wildman–Crippen LogP) is -0.693. The Kier molecular flexibility index (Phi) is 6.59. The molecule has 0 bridgehead atoms. The van der Waals surface area contributed by atoms with Crippen molar-refractivity contribution >= 4 is 29.7 Å². The third kappa shape index (κ3) is 4.57. The number of hydrogen-bond acceptors (Lipinski definition) is 5. The van der Waals surface area contributed by atoms with E-state index in [1.165, 1.54) is 23.8 Å². The first-order valence-corrected chi connectivity index (χ1v) is 7.27. The second kappa shape index (κ2) is 7.95. The quantitative estimate of drug-likeness (QED) is 0.560. The fraction of sp³-hybridized carbons (Fsp3) is 0.727. The molecule has 1 fully saturated rings. The van der Waals surface area contributed by atoms with Crippen molar-refractivity contribution in [2.24, 2.45) is 0 Å². The average molecular weight is 305 g/mol. The van der Waals surface area contributed by atoms with E-state index in [2.05, 4.69) is 10.6 Å². The van der Waals surface area contributed by atoms with E-state index < -0.39 is 24.1 Å². The van der Waals surface area contributed by atoms with Crippen molar-refractivity contribution < 1.29 is 24.2 Å². The molecule has 8 nitrogen and oxygen atoms in total. The molecule has 2 atom stereocenters. The Balaban J connectivity index is 2.44. The number of nitrogens with one attached hydrogen (secondary N) is 2. The van der Waals surface area contributed by atoms with Gasteiger partial charge in [0.1, 0.15) is 12.1 Å². The number of carboxylic acids is 1. The van der Waals surface area contributed by atoms with Gasteiger partial charge in [0.05, 0.1) is 12.5 Å². The Bertz CT molecular complexity index is 379. The Hall–Kier alpha value is -1.48. The first kappa shape index (κ1) is 16.6. The van der Waals surface area contributed by atoms with Crippen LogP contribution in [0.25, 0.3) is 0 Å². The van der Waals surface area contributed by atoms with E-state index in [1.54, 1.807) is 6.92 Å². The summed E-state index contributed by atoms with van der Waals surface area (Å²) in [6, 6.07) is -2.13. The molecule has 0 radical (unpaired) electrons. The van der Waals surface area contributed by atoms with Gasteiger partial charge in [-0.3, -0.25) is 4.79 Å². The van der Waals surface area contributed by atoms with Crippen molar-refractivity contribution in [2.45, 2.75) is 19.0 Å². The molecule has 114 valence electrons. The van der Waals surface area contributed by atoms with Gasteiger partial charge in [-0.05, 0) is 6.92 Å². The highest BCUT2D eigenvalue weighted by Gasteiger charge is 2.35. The van der Waals surface area contributed by atoms with Gasteiger partial charge in [-0.15, -0.1) is 11.8 Å². The number of urea groups is 1. The fourth-order valence-corrected chi connectivity index (χ4v) is 2.76. The Morgan fingerprint density at radius 1 is 1.50 bits per heavy atom. The topological polar surface area (TPSA) is 108 Å². The van der Waals surface area contributed by atoms with E-state index in [-0.39, 0.29) is 5.91 Å². The zero-order valence-electron chi connectivity index (χ0n) is 11.4. The number of carboxylic acid groups (broad SMARTS) is 1. The van der Waals surface area contributed by atoms with Gasteiger partial charge in [0.25, 0.3) is 0 Å². The second-order valence-electron chi connectivity index (χ2n) is 4.28. The summed E-state index contributed by atoms with van der Waals surface area (Å²) in [6.07, 6.45) is 0. The first-order valence-electron chi connectivity index (χ1n) is 6.11. The van der Waals surface area contributed by atoms with Crippen molar-refractivity contribution in [3.05, 3.63) is 0 Å². The predicted molar refractivity (Wildman–Crippen MR) is 73.5 cm³/mol. The van der Waals surface area contributed by atoms with Crippen LogP contribution in [0.5, 0.6) is 0 Å². The standard InChI is InChI=1S/C11H19N3O5S/c1-7(9(15)12-3-4-19-2)13-11(18)14-6-20-5-8(14)10(16)17/h7-8H,3-6H2,1-2H3,(H,12,15)(H,13,18)(H,16,17)/t7?,8-/m0/s1. The zero-order chi connectivity index (χ0) is 15.1. The average Bonchev–Trinajstić information content (AvgIpc) is 2.88.